The zero-order valence-electron chi connectivity index (χ0n) is 11.7. The maximum Gasteiger partial charge on any atom is 0.573 e. The molecule has 1 heterocycles. The van der Waals surface area contributed by atoms with Crippen molar-refractivity contribution in [3.63, 3.8) is 0 Å². The largest absolute Gasteiger partial charge is 0.573 e. The molecule has 1 aromatic carbocycles. The van der Waals surface area contributed by atoms with Gasteiger partial charge in [-0.25, -0.2) is 13.1 Å². The molecule has 0 bridgehead atoms. The maximum atomic E-state index is 12.2. The summed E-state index contributed by atoms with van der Waals surface area (Å²) in [6, 6.07) is 4.34. The van der Waals surface area contributed by atoms with E-state index in [2.05, 4.69) is 14.8 Å². The monoisotopic (exact) mass is 338 g/mol. The Balaban J connectivity index is 2.03. The molecule has 1 unspecified atom stereocenters. The van der Waals surface area contributed by atoms with Crippen LogP contribution >= 0.6 is 0 Å². The fraction of sp³-hybridized carbons (Fsp3) is 0.538. The second-order valence-corrected chi connectivity index (χ2v) is 6.85. The third-order valence-corrected chi connectivity index (χ3v) is 4.73. The third kappa shape index (κ3) is 5.15. The number of hydrogen-bond acceptors (Lipinski definition) is 4. The smallest absolute Gasteiger partial charge is 0.406 e. The first-order valence-corrected chi connectivity index (χ1v) is 8.31. The van der Waals surface area contributed by atoms with Gasteiger partial charge in [-0.15, -0.1) is 13.2 Å². The molecule has 124 valence electrons. The van der Waals surface area contributed by atoms with Crippen LogP contribution in [0.3, 0.4) is 0 Å². The molecule has 1 saturated heterocycles. The molecule has 2 N–H and O–H groups in total. The molecule has 9 heteroatoms. The van der Waals surface area contributed by atoms with E-state index in [1.54, 1.807) is 0 Å². The van der Waals surface area contributed by atoms with Gasteiger partial charge in [0.05, 0.1) is 4.90 Å². The normalized spacial score (nSPS) is 19.9. The van der Waals surface area contributed by atoms with E-state index >= 15 is 0 Å². The topological polar surface area (TPSA) is 67.4 Å². The van der Waals surface area contributed by atoms with E-state index in [0.29, 0.717) is 0 Å². The number of benzene rings is 1. The summed E-state index contributed by atoms with van der Waals surface area (Å²) in [6.45, 7) is 1.89. The van der Waals surface area contributed by atoms with Crippen molar-refractivity contribution in [3.8, 4) is 5.75 Å². The van der Waals surface area contributed by atoms with Crippen LogP contribution < -0.4 is 14.8 Å². The molecule has 1 aliphatic rings. The predicted octanol–water partition coefficient (Wildman–Crippen LogP) is 1.86. The molecule has 0 radical (unpaired) electrons. The van der Waals surface area contributed by atoms with E-state index in [0.717, 1.165) is 38.1 Å². The summed E-state index contributed by atoms with van der Waals surface area (Å²) in [5, 5.41) is 3.17. The van der Waals surface area contributed by atoms with Gasteiger partial charge in [0.15, 0.2) is 0 Å². The van der Waals surface area contributed by atoms with E-state index < -0.39 is 22.1 Å². The van der Waals surface area contributed by atoms with Gasteiger partial charge in [0, 0.05) is 12.6 Å². The molecule has 5 nitrogen and oxygen atoms in total. The molecule has 0 aromatic heterocycles. The Labute approximate surface area is 126 Å². The van der Waals surface area contributed by atoms with Gasteiger partial charge in [0.1, 0.15) is 5.75 Å². The lowest BCUT2D eigenvalue weighted by Gasteiger charge is -2.22. The van der Waals surface area contributed by atoms with Crippen LogP contribution in [-0.4, -0.2) is 34.4 Å². The van der Waals surface area contributed by atoms with Crippen LogP contribution in [0.25, 0.3) is 0 Å². The first kappa shape index (κ1) is 17.0. The minimum absolute atomic E-state index is 0.179. The summed E-state index contributed by atoms with van der Waals surface area (Å²) in [5.74, 6) is -0.382. The maximum absolute atomic E-state index is 12.2. The zero-order valence-corrected chi connectivity index (χ0v) is 12.5. The number of piperidine rings is 1. The van der Waals surface area contributed by atoms with Crippen molar-refractivity contribution in [2.75, 3.05) is 19.6 Å². The van der Waals surface area contributed by atoms with Gasteiger partial charge in [-0.3, -0.25) is 0 Å². The minimum atomic E-state index is -4.86. The molecular weight excluding hydrogens is 321 g/mol. The Morgan fingerprint density at radius 2 is 2.14 bits per heavy atom. The van der Waals surface area contributed by atoms with Crippen molar-refractivity contribution in [2.24, 2.45) is 5.92 Å². The summed E-state index contributed by atoms with van der Waals surface area (Å²) < 4.78 is 66.9. The number of nitrogens with one attached hydrogen (secondary N) is 2. The minimum Gasteiger partial charge on any atom is -0.406 e. The van der Waals surface area contributed by atoms with Crippen molar-refractivity contribution < 1.29 is 26.3 Å². The number of hydrogen-bond donors (Lipinski definition) is 2. The standard InChI is InChI=1S/C13H17F3N2O3S/c14-13(15,16)21-11-4-1-5-12(7-11)22(19,20)18-9-10-3-2-6-17-8-10/h1,4-5,7,10,17-18H,2-3,6,8-9H2. The zero-order chi connectivity index (χ0) is 16.2. The predicted molar refractivity (Wildman–Crippen MR) is 73.9 cm³/mol. The second kappa shape index (κ2) is 6.84. The van der Waals surface area contributed by atoms with E-state index in [4.69, 9.17) is 0 Å². The summed E-state index contributed by atoms with van der Waals surface area (Å²) in [4.78, 5) is -0.252. The van der Waals surface area contributed by atoms with Gasteiger partial charge in [0.2, 0.25) is 10.0 Å². The van der Waals surface area contributed by atoms with Crippen LogP contribution in [0.1, 0.15) is 12.8 Å². The molecule has 1 atom stereocenters. The second-order valence-electron chi connectivity index (χ2n) is 5.09. The molecule has 2 rings (SSSR count). The summed E-state index contributed by atoms with van der Waals surface area (Å²) in [5.41, 5.74) is 0. The molecule has 0 spiro atoms. The summed E-state index contributed by atoms with van der Waals surface area (Å²) in [6.07, 6.45) is -2.97. The quantitative estimate of drug-likeness (QED) is 0.860. The fourth-order valence-electron chi connectivity index (χ4n) is 2.25. The van der Waals surface area contributed by atoms with Crippen molar-refractivity contribution in [1.82, 2.24) is 10.0 Å². The summed E-state index contributed by atoms with van der Waals surface area (Å²) in [7, 11) is -3.86. The van der Waals surface area contributed by atoms with Gasteiger partial charge in [-0.05, 0) is 44.0 Å². The Morgan fingerprint density at radius 1 is 1.36 bits per heavy atom. The highest BCUT2D eigenvalue weighted by Crippen LogP contribution is 2.25. The van der Waals surface area contributed by atoms with Crippen LogP contribution in [0, 0.1) is 5.92 Å². The van der Waals surface area contributed by atoms with Crippen LogP contribution in [0.5, 0.6) is 5.75 Å². The third-order valence-electron chi connectivity index (χ3n) is 3.31. The van der Waals surface area contributed by atoms with Gasteiger partial charge in [-0.2, -0.15) is 0 Å². The van der Waals surface area contributed by atoms with Gasteiger partial charge in [-0.1, -0.05) is 6.07 Å². The molecule has 1 aliphatic heterocycles. The van der Waals surface area contributed by atoms with E-state index in [1.165, 1.54) is 12.1 Å². The van der Waals surface area contributed by atoms with E-state index in [1.807, 2.05) is 0 Å². The Bertz CT molecular complexity index is 599. The van der Waals surface area contributed by atoms with Gasteiger partial charge < -0.3 is 10.1 Å². The van der Waals surface area contributed by atoms with Crippen molar-refractivity contribution in [1.29, 1.82) is 0 Å². The lowest BCUT2D eigenvalue weighted by Crippen LogP contribution is -2.38. The van der Waals surface area contributed by atoms with E-state index in [9.17, 15) is 21.6 Å². The highest BCUT2D eigenvalue weighted by molar-refractivity contribution is 7.89. The highest BCUT2D eigenvalue weighted by atomic mass is 32.2. The number of sulfonamides is 1. The first-order valence-electron chi connectivity index (χ1n) is 6.82. The molecule has 0 amide bonds. The molecule has 1 aromatic rings. The average molecular weight is 338 g/mol. The van der Waals surface area contributed by atoms with Gasteiger partial charge >= 0.3 is 6.36 Å². The average Bonchev–Trinajstić information content (AvgIpc) is 2.45. The lowest BCUT2D eigenvalue weighted by molar-refractivity contribution is -0.274. The Kier molecular flexibility index (Phi) is 5.30. The molecular formula is C13H17F3N2O3S. The molecule has 1 fully saturated rings. The van der Waals surface area contributed by atoms with Crippen molar-refractivity contribution in [3.05, 3.63) is 24.3 Å². The SMILES string of the molecule is O=S(=O)(NCC1CCCNC1)c1cccc(OC(F)(F)F)c1. The molecule has 0 aliphatic carbocycles. The fourth-order valence-corrected chi connectivity index (χ4v) is 3.40. The Morgan fingerprint density at radius 3 is 2.77 bits per heavy atom. The molecule has 0 saturated carbocycles. The van der Waals surface area contributed by atoms with Crippen molar-refractivity contribution >= 4 is 10.0 Å². The van der Waals surface area contributed by atoms with Crippen LogP contribution in [0.15, 0.2) is 29.2 Å². The van der Waals surface area contributed by atoms with Crippen LogP contribution in [-0.2, 0) is 10.0 Å². The number of rotatable bonds is 5. The number of alkyl halides is 3. The van der Waals surface area contributed by atoms with E-state index in [-0.39, 0.29) is 17.4 Å². The number of halogens is 3. The molecule has 22 heavy (non-hydrogen) atoms. The highest BCUT2D eigenvalue weighted by Gasteiger charge is 2.31. The number of ether oxygens (including phenoxy) is 1. The van der Waals surface area contributed by atoms with Crippen molar-refractivity contribution in [2.45, 2.75) is 24.1 Å². The van der Waals surface area contributed by atoms with Crippen LogP contribution in [0.4, 0.5) is 13.2 Å². The first-order chi connectivity index (χ1) is 10.3. The lowest BCUT2D eigenvalue weighted by atomic mass is 10.0. The summed E-state index contributed by atoms with van der Waals surface area (Å²) >= 11 is 0. The Hall–Kier alpha value is -1.32. The van der Waals surface area contributed by atoms with Crippen LogP contribution in [0.2, 0.25) is 0 Å². The van der Waals surface area contributed by atoms with Gasteiger partial charge in [0.25, 0.3) is 0 Å².